The number of carbonyl (C=O) groups is 1. The van der Waals surface area contributed by atoms with Gasteiger partial charge in [0.2, 0.25) is 0 Å². The van der Waals surface area contributed by atoms with Crippen molar-refractivity contribution < 1.29 is 13.2 Å². The summed E-state index contributed by atoms with van der Waals surface area (Å²) in [6.45, 7) is 1.93. The minimum atomic E-state index is -3.80. The lowest BCUT2D eigenvalue weighted by Gasteiger charge is -2.31. The number of fused-ring (bicyclic) bond motifs is 1. The van der Waals surface area contributed by atoms with Gasteiger partial charge in [0.05, 0.1) is 10.7 Å². The fourth-order valence-electron chi connectivity index (χ4n) is 2.68. The van der Waals surface area contributed by atoms with E-state index in [1.807, 2.05) is 0 Å². The highest BCUT2D eigenvalue weighted by atomic mass is 35.5. The van der Waals surface area contributed by atoms with Gasteiger partial charge >= 0.3 is 0 Å². The van der Waals surface area contributed by atoms with Crippen LogP contribution >= 0.6 is 11.6 Å². The van der Waals surface area contributed by atoms with Gasteiger partial charge in [-0.3, -0.25) is 9.10 Å². The number of Topliss-reactive ketones (excluding diaryl/α,β-unsaturated/α-hetero) is 1. The quantitative estimate of drug-likeness (QED) is 0.844. The van der Waals surface area contributed by atoms with Crippen LogP contribution in [0.1, 0.15) is 22.3 Å². The molecule has 0 saturated heterocycles. The minimum absolute atomic E-state index is 0.0377. The molecule has 1 aliphatic heterocycles. The molecule has 0 fully saturated rings. The van der Waals surface area contributed by atoms with Gasteiger partial charge in [0.25, 0.3) is 10.0 Å². The molecule has 0 radical (unpaired) electrons. The van der Waals surface area contributed by atoms with Crippen molar-refractivity contribution in [2.24, 2.45) is 0 Å². The average molecular weight is 336 g/mol. The Balaban J connectivity index is 2.21. The first kappa shape index (κ1) is 15.1. The van der Waals surface area contributed by atoms with E-state index in [0.717, 1.165) is 5.56 Å². The summed E-state index contributed by atoms with van der Waals surface area (Å²) >= 11 is 6.05. The molecule has 3 rings (SSSR count). The highest BCUT2D eigenvalue weighted by Gasteiger charge is 2.34. The molecule has 0 spiro atoms. The molecule has 22 heavy (non-hydrogen) atoms. The predicted octanol–water partition coefficient (Wildman–Crippen LogP) is 3.43. The van der Waals surface area contributed by atoms with Gasteiger partial charge in [0.1, 0.15) is 4.90 Å². The zero-order valence-electron chi connectivity index (χ0n) is 11.9. The number of halogens is 1. The molecule has 0 amide bonds. The van der Waals surface area contributed by atoms with Crippen molar-refractivity contribution in [3.63, 3.8) is 0 Å². The Kier molecular flexibility index (Phi) is 3.70. The Bertz CT molecular complexity index is 861. The Hall–Kier alpha value is -1.85. The Labute approximate surface area is 134 Å². The van der Waals surface area contributed by atoms with Gasteiger partial charge in [-0.05, 0) is 30.7 Å². The van der Waals surface area contributed by atoms with Crippen LogP contribution in [0.3, 0.4) is 0 Å². The van der Waals surface area contributed by atoms with Crippen LogP contribution in [-0.4, -0.2) is 20.7 Å². The van der Waals surface area contributed by atoms with Crippen molar-refractivity contribution in [1.29, 1.82) is 0 Å². The number of hydrogen-bond acceptors (Lipinski definition) is 3. The summed E-state index contributed by atoms with van der Waals surface area (Å²) in [5.41, 5.74) is 1.65. The number of rotatable bonds is 2. The van der Waals surface area contributed by atoms with Crippen LogP contribution in [0.4, 0.5) is 5.69 Å². The molecule has 0 unspecified atom stereocenters. The number of aryl methyl sites for hydroxylation is 1. The lowest BCUT2D eigenvalue weighted by Crippen LogP contribution is -2.38. The summed E-state index contributed by atoms with van der Waals surface area (Å²) < 4.78 is 27.2. The van der Waals surface area contributed by atoms with Crippen molar-refractivity contribution in [2.75, 3.05) is 10.8 Å². The Morgan fingerprint density at radius 1 is 1.09 bits per heavy atom. The van der Waals surface area contributed by atoms with Crippen LogP contribution < -0.4 is 4.31 Å². The predicted molar refractivity (Wildman–Crippen MR) is 86.1 cm³/mol. The second-order valence-corrected chi connectivity index (χ2v) is 7.39. The molecule has 0 N–H and O–H groups in total. The van der Waals surface area contributed by atoms with Crippen molar-refractivity contribution in [3.8, 4) is 0 Å². The molecular formula is C16H14ClNO3S. The average Bonchev–Trinajstić information content (AvgIpc) is 2.48. The monoisotopic (exact) mass is 335 g/mol. The standard InChI is InChI=1S/C16H14ClNO3S/c1-11-5-4-6-12-14(19)9-10-18(16(11)12)22(20,21)15-8-3-2-7-13(15)17/h2-8H,9-10H2,1H3. The fraction of sp³-hybridized carbons (Fsp3) is 0.188. The van der Waals surface area contributed by atoms with Gasteiger partial charge < -0.3 is 0 Å². The number of hydrogen-bond donors (Lipinski definition) is 0. The first-order valence-electron chi connectivity index (χ1n) is 6.83. The van der Waals surface area contributed by atoms with E-state index >= 15 is 0 Å². The fourth-order valence-corrected chi connectivity index (χ4v) is 4.72. The summed E-state index contributed by atoms with van der Waals surface area (Å²) in [7, 11) is -3.80. The van der Waals surface area contributed by atoms with Crippen molar-refractivity contribution in [1.82, 2.24) is 0 Å². The van der Waals surface area contributed by atoms with Gasteiger partial charge in [-0.1, -0.05) is 35.9 Å². The largest absolute Gasteiger partial charge is 0.294 e. The van der Waals surface area contributed by atoms with Crippen LogP contribution in [-0.2, 0) is 10.0 Å². The molecule has 114 valence electrons. The van der Waals surface area contributed by atoms with E-state index in [1.165, 1.54) is 10.4 Å². The van der Waals surface area contributed by atoms with Crippen molar-refractivity contribution >= 4 is 33.1 Å². The zero-order valence-corrected chi connectivity index (χ0v) is 13.5. The number of nitrogens with zero attached hydrogens (tertiary/aromatic N) is 1. The Morgan fingerprint density at radius 2 is 1.82 bits per heavy atom. The second kappa shape index (κ2) is 5.41. The summed E-state index contributed by atoms with van der Waals surface area (Å²) in [5.74, 6) is -0.0377. The lowest BCUT2D eigenvalue weighted by molar-refractivity contribution is 0.0982. The molecule has 2 aromatic carbocycles. The summed E-state index contributed by atoms with van der Waals surface area (Å²) in [5, 5.41) is 0.175. The third kappa shape index (κ3) is 2.30. The van der Waals surface area contributed by atoms with E-state index in [4.69, 9.17) is 11.6 Å². The molecule has 1 heterocycles. The lowest BCUT2D eigenvalue weighted by atomic mass is 9.99. The highest BCUT2D eigenvalue weighted by Crippen LogP contribution is 2.36. The molecule has 4 nitrogen and oxygen atoms in total. The van der Waals surface area contributed by atoms with Crippen LogP contribution in [0.5, 0.6) is 0 Å². The summed E-state index contributed by atoms with van der Waals surface area (Å²) in [6, 6.07) is 11.6. The molecule has 0 bridgehead atoms. The molecule has 2 aromatic rings. The maximum atomic E-state index is 13.0. The number of anilines is 1. The van der Waals surface area contributed by atoms with Crippen LogP contribution in [0, 0.1) is 6.92 Å². The van der Waals surface area contributed by atoms with Gasteiger partial charge in [-0.2, -0.15) is 0 Å². The zero-order chi connectivity index (χ0) is 15.9. The highest BCUT2D eigenvalue weighted by molar-refractivity contribution is 7.93. The van der Waals surface area contributed by atoms with E-state index in [-0.39, 0.29) is 28.7 Å². The third-order valence-electron chi connectivity index (χ3n) is 3.73. The summed E-state index contributed by atoms with van der Waals surface area (Å²) in [6.07, 6.45) is 0.167. The topological polar surface area (TPSA) is 54.5 Å². The number of ketones is 1. The van der Waals surface area contributed by atoms with Crippen LogP contribution in [0.2, 0.25) is 5.02 Å². The molecule has 0 aliphatic carbocycles. The maximum Gasteiger partial charge on any atom is 0.265 e. The number of para-hydroxylation sites is 1. The Morgan fingerprint density at radius 3 is 2.55 bits per heavy atom. The number of carbonyl (C=O) groups excluding carboxylic acids is 1. The number of benzene rings is 2. The molecule has 1 aliphatic rings. The molecular weight excluding hydrogens is 322 g/mol. The second-order valence-electron chi connectivity index (χ2n) is 5.15. The van der Waals surface area contributed by atoms with Crippen molar-refractivity contribution in [2.45, 2.75) is 18.2 Å². The molecule has 0 atom stereocenters. The van der Waals surface area contributed by atoms with E-state index in [2.05, 4.69) is 0 Å². The number of sulfonamides is 1. The van der Waals surface area contributed by atoms with Crippen LogP contribution in [0.25, 0.3) is 0 Å². The smallest absolute Gasteiger partial charge is 0.265 e. The summed E-state index contributed by atoms with van der Waals surface area (Å²) in [4.78, 5) is 12.1. The van der Waals surface area contributed by atoms with E-state index in [1.54, 1.807) is 43.3 Å². The molecule has 0 aromatic heterocycles. The van der Waals surface area contributed by atoms with Crippen molar-refractivity contribution in [3.05, 3.63) is 58.6 Å². The minimum Gasteiger partial charge on any atom is -0.294 e. The van der Waals surface area contributed by atoms with E-state index in [0.29, 0.717) is 11.3 Å². The SMILES string of the molecule is Cc1cccc2c1N(S(=O)(=O)c1ccccc1Cl)CCC2=O. The maximum absolute atomic E-state index is 13.0. The third-order valence-corrected chi connectivity index (χ3v) is 6.03. The van der Waals surface area contributed by atoms with Crippen LogP contribution in [0.15, 0.2) is 47.4 Å². The first-order chi connectivity index (χ1) is 10.4. The van der Waals surface area contributed by atoms with E-state index < -0.39 is 10.0 Å². The van der Waals surface area contributed by atoms with Gasteiger partial charge in [-0.15, -0.1) is 0 Å². The molecule has 6 heteroatoms. The normalized spacial score (nSPS) is 14.8. The molecule has 0 saturated carbocycles. The van der Waals surface area contributed by atoms with Gasteiger partial charge in [-0.25, -0.2) is 8.42 Å². The van der Waals surface area contributed by atoms with Gasteiger partial charge in [0, 0.05) is 18.5 Å². The first-order valence-corrected chi connectivity index (χ1v) is 8.65. The van der Waals surface area contributed by atoms with E-state index in [9.17, 15) is 13.2 Å². The van der Waals surface area contributed by atoms with Gasteiger partial charge in [0.15, 0.2) is 5.78 Å².